The topological polar surface area (TPSA) is 63.7 Å². The molecule has 6 heteroatoms. The van der Waals surface area contributed by atoms with Crippen molar-refractivity contribution in [1.29, 1.82) is 0 Å². The summed E-state index contributed by atoms with van der Waals surface area (Å²) in [6, 6.07) is 15.2. The van der Waals surface area contributed by atoms with Crippen LogP contribution in [-0.4, -0.2) is 42.0 Å². The van der Waals surface area contributed by atoms with E-state index in [4.69, 9.17) is 4.74 Å². The summed E-state index contributed by atoms with van der Waals surface area (Å²) < 4.78 is 5.31. The molecule has 0 unspecified atom stereocenters. The predicted octanol–water partition coefficient (Wildman–Crippen LogP) is 4.06. The lowest BCUT2D eigenvalue weighted by Gasteiger charge is -2.33. The van der Waals surface area contributed by atoms with Gasteiger partial charge in [-0.05, 0) is 49.4 Å². The molecule has 0 saturated carbocycles. The van der Waals surface area contributed by atoms with Gasteiger partial charge in [0.15, 0.2) is 6.61 Å². The quantitative estimate of drug-likeness (QED) is 0.508. The first-order valence-corrected chi connectivity index (χ1v) is 10.7. The van der Waals surface area contributed by atoms with Gasteiger partial charge in [-0.2, -0.15) is 0 Å². The molecule has 0 spiro atoms. The Hall–Kier alpha value is -2.60. The van der Waals surface area contributed by atoms with Crippen LogP contribution in [0.25, 0.3) is 0 Å². The van der Waals surface area contributed by atoms with Crippen LogP contribution in [0.2, 0.25) is 0 Å². The molecular formula is C23H25NO4S. The van der Waals surface area contributed by atoms with Crippen LogP contribution in [0.1, 0.15) is 47.3 Å². The number of aryl methyl sites for hydroxylation is 1. The van der Waals surface area contributed by atoms with E-state index >= 15 is 0 Å². The highest BCUT2D eigenvalue weighted by atomic mass is 32.2. The molecule has 29 heavy (non-hydrogen) atoms. The molecule has 0 bridgehead atoms. The number of esters is 1. The molecule has 1 aliphatic carbocycles. The molecule has 0 fully saturated rings. The van der Waals surface area contributed by atoms with Crippen molar-refractivity contribution in [3.8, 4) is 0 Å². The van der Waals surface area contributed by atoms with Crippen molar-refractivity contribution in [1.82, 2.24) is 4.90 Å². The second-order valence-electron chi connectivity index (χ2n) is 7.17. The lowest BCUT2D eigenvalue weighted by Crippen LogP contribution is -2.36. The van der Waals surface area contributed by atoms with E-state index in [-0.39, 0.29) is 30.1 Å². The summed E-state index contributed by atoms with van der Waals surface area (Å²) in [5, 5.41) is 0. The summed E-state index contributed by atoms with van der Waals surface area (Å²) in [7, 11) is 1.76. The Bertz CT molecular complexity index is 911. The van der Waals surface area contributed by atoms with Gasteiger partial charge in [-0.1, -0.05) is 36.4 Å². The van der Waals surface area contributed by atoms with E-state index in [1.165, 1.54) is 29.8 Å². The number of hydrogen-bond donors (Lipinski definition) is 0. The number of ketones is 1. The lowest BCUT2D eigenvalue weighted by molar-refractivity contribution is -0.135. The van der Waals surface area contributed by atoms with E-state index < -0.39 is 5.97 Å². The molecule has 1 aliphatic rings. The third-order valence-corrected chi connectivity index (χ3v) is 6.28. The fourth-order valence-corrected chi connectivity index (χ4v) is 4.39. The van der Waals surface area contributed by atoms with Crippen LogP contribution in [0.5, 0.6) is 0 Å². The number of nitrogens with zero attached hydrogens (tertiary/aromatic N) is 1. The largest absolute Gasteiger partial charge is 0.452 e. The van der Waals surface area contributed by atoms with Crippen molar-refractivity contribution in [3.63, 3.8) is 0 Å². The molecule has 1 amide bonds. The Morgan fingerprint density at radius 2 is 1.83 bits per heavy atom. The third kappa shape index (κ3) is 5.26. The average Bonchev–Trinajstić information content (AvgIpc) is 2.75. The number of carbonyl (C=O) groups excluding carboxylic acids is 3. The normalized spacial score (nSPS) is 15.3. The molecule has 0 radical (unpaired) electrons. The van der Waals surface area contributed by atoms with Gasteiger partial charge in [0.25, 0.3) is 5.91 Å². The molecule has 2 aromatic carbocycles. The van der Waals surface area contributed by atoms with Crippen molar-refractivity contribution in [2.45, 2.75) is 37.1 Å². The SMILES string of the molecule is CC(=O)CSc1ccccc1C(=O)OCC(=O)N(C)[C@H]1CCCc2ccccc21. The average molecular weight is 412 g/mol. The number of amides is 1. The van der Waals surface area contributed by atoms with Gasteiger partial charge in [0.05, 0.1) is 17.4 Å². The number of Topliss-reactive ketones (excluding diaryl/α,β-unsaturated/α-hetero) is 1. The molecular weight excluding hydrogens is 386 g/mol. The second kappa shape index (κ2) is 9.74. The van der Waals surface area contributed by atoms with Gasteiger partial charge in [-0.3, -0.25) is 9.59 Å². The maximum Gasteiger partial charge on any atom is 0.339 e. The van der Waals surface area contributed by atoms with Crippen LogP contribution >= 0.6 is 11.8 Å². The maximum atomic E-state index is 12.7. The van der Waals surface area contributed by atoms with Gasteiger partial charge in [-0.15, -0.1) is 11.8 Å². The Labute approximate surface area is 175 Å². The van der Waals surface area contributed by atoms with Gasteiger partial charge in [0, 0.05) is 11.9 Å². The van der Waals surface area contributed by atoms with Crippen LogP contribution in [0.15, 0.2) is 53.4 Å². The van der Waals surface area contributed by atoms with E-state index in [0.29, 0.717) is 10.5 Å². The minimum atomic E-state index is -0.553. The number of ether oxygens (including phenoxy) is 1. The molecule has 0 N–H and O–H groups in total. The number of carbonyl (C=O) groups is 3. The number of likely N-dealkylation sites (N-methyl/N-ethyl adjacent to an activating group) is 1. The minimum Gasteiger partial charge on any atom is -0.452 e. The summed E-state index contributed by atoms with van der Waals surface area (Å²) in [6.07, 6.45) is 2.95. The monoisotopic (exact) mass is 411 g/mol. The zero-order chi connectivity index (χ0) is 20.8. The van der Waals surface area contributed by atoms with Gasteiger partial charge in [0.1, 0.15) is 5.78 Å². The standard InChI is InChI=1S/C23H25NO4S/c1-16(25)15-29-21-13-6-5-11-19(21)23(27)28-14-22(26)24(2)20-12-7-9-17-8-3-4-10-18(17)20/h3-6,8,10-11,13,20H,7,9,12,14-15H2,1-2H3/t20-/m0/s1. The highest BCUT2D eigenvalue weighted by molar-refractivity contribution is 8.00. The second-order valence-corrected chi connectivity index (χ2v) is 8.19. The van der Waals surface area contributed by atoms with Gasteiger partial charge in [0.2, 0.25) is 0 Å². The van der Waals surface area contributed by atoms with Crippen molar-refractivity contribution in [2.24, 2.45) is 0 Å². The Kier molecular flexibility index (Phi) is 7.09. The zero-order valence-electron chi connectivity index (χ0n) is 16.7. The molecule has 1 atom stereocenters. The van der Waals surface area contributed by atoms with Crippen LogP contribution in [0.3, 0.4) is 0 Å². The highest BCUT2D eigenvalue weighted by Gasteiger charge is 2.27. The summed E-state index contributed by atoms with van der Waals surface area (Å²) >= 11 is 1.29. The summed E-state index contributed by atoms with van der Waals surface area (Å²) in [5.74, 6) is -0.466. The predicted molar refractivity (Wildman–Crippen MR) is 113 cm³/mol. The van der Waals surface area contributed by atoms with E-state index in [1.54, 1.807) is 36.2 Å². The van der Waals surface area contributed by atoms with Crippen LogP contribution in [0, 0.1) is 0 Å². The first-order chi connectivity index (χ1) is 14.0. The molecule has 3 rings (SSSR count). The van der Waals surface area contributed by atoms with E-state index in [9.17, 15) is 14.4 Å². The minimum absolute atomic E-state index is 0.00422. The van der Waals surface area contributed by atoms with Gasteiger partial charge >= 0.3 is 5.97 Å². The Morgan fingerprint density at radius 1 is 1.10 bits per heavy atom. The van der Waals surface area contributed by atoms with Crippen LogP contribution in [0.4, 0.5) is 0 Å². The number of rotatable bonds is 7. The molecule has 5 nitrogen and oxygen atoms in total. The summed E-state index contributed by atoms with van der Waals surface area (Å²) in [6.45, 7) is 1.20. The highest BCUT2D eigenvalue weighted by Crippen LogP contribution is 2.33. The number of fused-ring (bicyclic) bond motifs is 1. The third-order valence-electron chi connectivity index (χ3n) is 5.06. The Balaban J connectivity index is 1.63. The van der Waals surface area contributed by atoms with E-state index in [0.717, 1.165) is 19.3 Å². The fourth-order valence-electron chi connectivity index (χ4n) is 3.55. The van der Waals surface area contributed by atoms with Crippen molar-refractivity contribution < 1.29 is 19.1 Å². The molecule has 0 saturated heterocycles. The molecule has 152 valence electrons. The number of thioether (sulfide) groups is 1. The van der Waals surface area contributed by atoms with Gasteiger partial charge < -0.3 is 9.64 Å². The maximum absolute atomic E-state index is 12.7. The smallest absolute Gasteiger partial charge is 0.339 e. The first-order valence-electron chi connectivity index (χ1n) is 9.69. The Morgan fingerprint density at radius 3 is 2.62 bits per heavy atom. The van der Waals surface area contributed by atoms with Crippen molar-refractivity contribution in [2.75, 3.05) is 19.4 Å². The van der Waals surface area contributed by atoms with Crippen LogP contribution in [-0.2, 0) is 20.7 Å². The van der Waals surface area contributed by atoms with E-state index in [1.807, 2.05) is 12.1 Å². The lowest BCUT2D eigenvalue weighted by atomic mass is 9.87. The molecule has 2 aromatic rings. The molecule has 0 aromatic heterocycles. The van der Waals surface area contributed by atoms with E-state index in [2.05, 4.69) is 12.1 Å². The van der Waals surface area contributed by atoms with Gasteiger partial charge in [-0.25, -0.2) is 4.79 Å². The number of hydrogen-bond acceptors (Lipinski definition) is 5. The van der Waals surface area contributed by atoms with Crippen LogP contribution < -0.4 is 0 Å². The number of benzene rings is 2. The zero-order valence-corrected chi connectivity index (χ0v) is 17.5. The van der Waals surface area contributed by atoms with Crippen molar-refractivity contribution >= 4 is 29.4 Å². The summed E-state index contributed by atoms with van der Waals surface area (Å²) in [5.41, 5.74) is 2.82. The summed E-state index contributed by atoms with van der Waals surface area (Å²) in [4.78, 5) is 38.8. The molecule has 0 heterocycles. The van der Waals surface area contributed by atoms with Crippen molar-refractivity contribution in [3.05, 3.63) is 65.2 Å². The molecule has 0 aliphatic heterocycles. The first kappa shape index (κ1) is 21.1. The fraction of sp³-hybridized carbons (Fsp3) is 0.348.